The fraction of sp³-hybridized carbons (Fsp3) is 0.250. The molecule has 6 heteroatoms. The lowest BCUT2D eigenvalue weighted by atomic mass is 10.2. The highest BCUT2D eigenvalue weighted by Crippen LogP contribution is 2.35. The number of amides is 1. The number of aromatic nitrogens is 2. The van der Waals surface area contributed by atoms with Crippen LogP contribution in [0.5, 0.6) is 0 Å². The van der Waals surface area contributed by atoms with Gasteiger partial charge >= 0.3 is 0 Å². The third-order valence-electron chi connectivity index (χ3n) is 4.03. The number of pyridine rings is 1. The van der Waals surface area contributed by atoms with Crippen molar-refractivity contribution in [3.05, 3.63) is 57.5 Å². The molecule has 0 aliphatic carbocycles. The molecule has 22 heavy (non-hydrogen) atoms. The van der Waals surface area contributed by atoms with Crippen LogP contribution in [0.25, 0.3) is 5.52 Å². The standard InChI is InChI=1S/C16H14ClN3OS/c17-11-5-7-20-12(9-11)10-13(18-20)16(21)19-6-1-3-14(19)15-4-2-8-22-15/h2,4-5,7-10,14H,1,3,6H2/t14-/m1/s1. The van der Waals surface area contributed by atoms with Crippen LogP contribution in [0.4, 0.5) is 0 Å². The number of carbonyl (C=O) groups is 1. The molecule has 0 saturated carbocycles. The molecule has 3 aromatic heterocycles. The molecule has 1 aliphatic heterocycles. The van der Waals surface area contributed by atoms with Gasteiger partial charge in [0.2, 0.25) is 0 Å². The first kappa shape index (κ1) is 13.8. The molecule has 1 saturated heterocycles. The van der Waals surface area contributed by atoms with E-state index in [2.05, 4.69) is 16.5 Å². The minimum Gasteiger partial charge on any atom is -0.329 e. The molecular weight excluding hydrogens is 318 g/mol. The maximum atomic E-state index is 12.8. The average Bonchev–Trinajstić information content (AvgIpc) is 3.24. The number of thiophene rings is 1. The Bertz CT molecular complexity index is 827. The molecule has 1 aliphatic rings. The van der Waals surface area contributed by atoms with Crippen molar-refractivity contribution < 1.29 is 4.79 Å². The smallest absolute Gasteiger partial charge is 0.274 e. The molecule has 0 bridgehead atoms. The van der Waals surface area contributed by atoms with Crippen LogP contribution in [-0.4, -0.2) is 27.0 Å². The molecule has 0 N–H and O–H groups in total. The highest BCUT2D eigenvalue weighted by molar-refractivity contribution is 7.10. The van der Waals surface area contributed by atoms with Gasteiger partial charge in [-0.1, -0.05) is 17.7 Å². The summed E-state index contributed by atoms with van der Waals surface area (Å²) >= 11 is 7.70. The van der Waals surface area contributed by atoms with Gasteiger partial charge in [0.25, 0.3) is 5.91 Å². The van der Waals surface area contributed by atoms with Gasteiger partial charge in [-0.25, -0.2) is 4.52 Å². The summed E-state index contributed by atoms with van der Waals surface area (Å²) in [7, 11) is 0. The van der Waals surface area contributed by atoms with Gasteiger partial charge in [0, 0.05) is 22.6 Å². The van der Waals surface area contributed by atoms with Crippen LogP contribution < -0.4 is 0 Å². The van der Waals surface area contributed by atoms with E-state index in [1.165, 1.54) is 4.88 Å². The van der Waals surface area contributed by atoms with Crippen molar-refractivity contribution in [1.29, 1.82) is 0 Å². The molecule has 4 nitrogen and oxygen atoms in total. The van der Waals surface area contributed by atoms with Gasteiger partial charge in [0.15, 0.2) is 5.69 Å². The Hall–Kier alpha value is -1.85. The maximum Gasteiger partial charge on any atom is 0.274 e. The molecule has 3 aromatic rings. The van der Waals surface area contributed by atoms with Gasteiger partial charge < -0.3 is 4.90 Å². The van der Waals surface area contributed by atoms with Crippen molar-refractivity contribution in [1.82, 2.24) is 14.5 Å². The number of hydrogen-bond acceptors (Lipinski definition) is 3. The van der Waals surface area contributed by atoms with E-state index >= 15 is 0 Å². The molecule has 0 unspecified atom stereocenters. The fourth-order valence-corrected chi connectivity index (χ4v) is 4.05. The van der Waals surface area contributed by atoms with Crippen LogP contribution in [0.15, 0.2) is 41.9 Å². The molecular formula is C16H14ClN3OS. The first-order chi connectivity index (χ1) is 10.7. The zero-order valence-corrected chi connectivity index (χ0v) is 13.3. The molecule has 1 amide bonds. The predicted molar refractivity (Wildman–Crippen MR) is 87.5 cm³/mol. The lowest BCUT2D eigenvalue weighted by Crippen LogP contribution is -2.30. The lowest BCUT2D eigenvalue weighted by molar-refractivity contribution is 0.0731. The molecule has 0 spiro atoms. The van der Waals surface area contributed by atoms with Crippen molar-refractivity contribution in [2.75, 3.05) is 6.54 Å². The van der Waals surface area contributed by atoms with E-state index in [0.29, 0.717) is 10.7 Å². The first-order valence-corrected chi connectivity index (χ1v) is 8.47. The summed E-state index contributed by atoms with van der Waals surface area (Å²) in [4.78, 5) is 16.0. The zero-order chi connectivity index (χ0) is 15.1. The van der Waals surface area contributed by atoms with Gasteiger partial charge in [0.05, 0.1) is 11.6 Å². The predicted octanol–water partition coefficient (Wildman–Crippen LogP) is 4.03. The topological polar surface area (TPSA) is 37.6 Å². The molecule has 0 aromatic carbocycles. The second-order valence-corrected chi connectivity index (χ2v) is 6.83. The number of likely N-dealkylation sites (tertiary alicyclic amines) is 1. The van der Waals surface area contributed by atoms with Gasteiger partial charge in [0.1, 0.15) is 0 Å². The Kier molecular flexibility index (Phi) is 3.39. The summed E-state index contributed by atoms with van der Waals surface area (Å²) in [6, 6.07) is 9.70. The summed E-state index contributed by atoms with van der Waals surface area (Å²) < 4.78 is 1.69. The van der Waals surface area contributed by atoms with Crippen molar-refractivity contribution >= 4 is 34.4 Å². The quantitative estimate of drug-likeness (QED) is 0.711. The summed E-state index contributed by atoms with van der Waals surface area (Å²) in [5.41, 5.74) is 1.31. The van der Waals surface area contributed by atoms with Crippen LogP contribution in [0.3, 0.4) is 0 Å². The van der Waals surface area contributed by atoms with Crippen molar-refractivity contribution in [2.45, 2.75) is 18.9 Å². The van der Waals surface area contributed by atoms with Gasteiger partial charge in [-0.3, -0.25) is 4.79 Å². The largest absolute Gasteiger partial charge is 0.329 e. The number of rotatable bonds is 2. The second-order valence-electron chi connectivity index (χ2n) is 5.42. The van der Waals surface area contributed by atoms with E-state index in [4.69, 9.17) is 11.6 Å². The highest BCUT2D eigenvalue weighted by atomic mass is 35.5. The van der Waals surface area contributed by atoms with E-state index in [-0.39, 0.29) is 11.9 Å². The van der Waals surface area contributed by atoms with E-state index in [1.54, 1.807) is 34.2 Å². The molecule has 0 radical (unpaired) electrons. The fourth-order valence-electron chi connectivity index (χ4n) is 3.01. The molecule has 4 rings (SSSR count). The maximum absolute atomic E-state index is 12.8. The summed E-state index contributed by atoms with van der Waals surface area (Å²) in [5, 5.41) is 7.09. The average molecular weight is 332 g/mol. The Morgan fingerprint density at radius 3 is 3.09 bits per heavy atom. The van der Waals surface area contributed by atoms with E-state index < -0.39 is 0 Å². The van der Waals surface area contributed by atoms with Crippen molar-refractivity contribution in [3.8, 4) is 0 Å². The second kappa shape index (κ2) is 5.41. The Labute approximate surface area is 136 Å². The van der Waals surface area contributed by atoms with Gasteiger partial charge in [-0.15, -0.1) is 11.3 Å². The minimum atomic E-state index is -0.00396. The number of hydrogen-bond donors (Lipinski definition) is 0. The molecule has 1 atom stereocenters. The summed E-state index contributed by atoms with van der Waals surface area (Å²) in [6.07, 6.45) is 3.83. The molecule has 112 valence electrons. The van der Waals surface area contributed by atoms with Crippen LogP contribution in [0, 0.1) is 0 Å². The van der Waals surface area contributed by atoms with Crippen molar-refractivity contribution in [2.24, 2.45) is 0 Å². The Morgan fingerprint density at radius 1 is 1.36 bits per heavy atom. The van der Waals surface area contributed by atoms with E-state index in [1.807, 2.05) is 17.0 Å². The third kappa shape index (κ3) is 2.30. The normalized spacial score (nSPS) is 18.2. The van der Waals surface area contributed by atoms with Crippen molar-refractivity contribution in [3.63, 3.8) is 0 Å². The summed E-state index contributed by atoms with van der Waals surface area (Å²) in [6.45, 7) is 0.788. The number of halogens is 1. The van der Waals surface area contributed by atoms with E-state index in [0.717, 1.165) is 24.9 Å². The minimum absolute atomic E-state index is 0.00396. The third-order valence-corrected chi connectivity index (χ3v) is 5.24. The zero-order valence-electron chi connectivity index (χ0n) is 11.8. The van der Waals surface area contributed by atoms with E-state index in [9.17, 15) is 4.79 Å². The highest BCUT2D eigenvalue weighted by Gasteiger charge is 2.32. The number of carbonyl (C=O) groups excluding carboxylic acids is 1. The van der Waals surface area contributed by atoms with Gasteiger partial charge in [-0.2, -0.15) is 5.10 Å². The Morgan fingerprint density at radius 2 is 2.27 bits per heavy atom. The molecule has 1 fully saturated rings. The lowest BCUT2D eigenvalue weighted by Gasteiger charge is -2.22. The van der Waals surface area contributed by atoms with Crippen LogP contribution in [-0.2, 0) is 0 Å². The Balaban J connectivity index is 1.67. The molecule has 4 heterocycles. The number of fused-ring (bicyclic) bond motifs is 1. The van der Waals surface area contributed by atoms with Gasteiger partial charge in [-0.05, 0) is 42.5 Å². The SMILES string of the molecule is O=C(c1cc2cc(Cl)ccn2n1)N1CCC[C@@H]1c1cccs1. The van der Waals surface area contributed by atoms with Crippen LogP contribution in [0.1, 0.15) is 34.2 Å². The summed E-state index contributed by atoms with van der Waals surface area (Å²) in [5.74, 6) is -0.00396. The van der Waals surface area contributed by atoms with Crippen LogP contribution >= 0.6 is 22.9 Å². The monoisotopic (exact) mass is 331 g/mol. The first-order valence-electron chi connectivity index (χ1n) is 7.22. The van der Waals surface area contributed by atoms with Crippen LogP contribution in [0.2, 0.25) is 5.02 Å². The number of nitrogens with zero attached hydrogens (tertiary/aromatic N) is 3.